The molecule has 3 nitrogen and oxygen atoms in total. The van der Waals surface area contributed by atoms with Gasteiger partial charge >= 0.3 is 0 Å². The lowest BCUT2D eigenvalue weighted by molar-refractivity contribution is -0.0413. The molecule has 1 aliphatic rings. The molecule has 0 atom stereocenters. The maximum absolute atomic E-state index is 12.5. The Morgan fingerprint density at radius 2 is 1.89 bits per heavy atom. The first-order valence-electron chi connectivity index (χ1n) is 7.13. The predicted octanol–water partition coefficient (Wildman–Crippen LogP) is 4.19. The van der Waals surface area contributed by atoms with Gasteiger partial charge in [-0.25, -0.2) is 0 Å². The predicted molar refractivity (Wildman–Crippen MR) is 76.6 cm³/mol. The van der Waals surface area contributed by atoms with Crippen LogP contribution in [0.4, 0.5) is 0 Å². The molecule has 0 spiro atoms. The van der Waals surface area contributed by atoms with E-state index < -0.39 is 0 Å². The van der Waals surface area contributed by atoms with E-state index in [1.54, 1.807) is 0 Å². The van der Waals surface area contributed by atoms with Gasteiger partial charge in [-0.1, -0.05) is 26.7 Å². The maximum atomic E-state index is 12.5. The van der Waals surface area contributed by atoms with Crippen LogP contribution < -0.4 is 0 Å². The fraction of sp³-hybridized carbons (Fsp3) is 0.667. The third-order valence-electron chi connectivity index (χ3n) is 3.37. The number of thiophene rings is 1. The van der Waals surface area contributed by atoms with Crippen LogP contribution in [0.1, 0.15) is 60.4 Å². The molecule has 0 N–H and O–H groups in total. The summed E-state index contributed by atoms with van der Waals surface area (Å²) in [6.07, 6.45) is 3.82. The van der Waals surface area contributed by atoms with E-state index in [1.165, 1.54) is 11.3 Å². The molecule has 0 saturated carbocycles. The van der Waals surface area contributed by atoms with Gasteiger partial charge in [0.05, 0.1) is 23.0 Å². The molecule has 0 aliphatic carbocycles. The van der Waals surface area contributed by atoms with E-state index in [9.17, 15) is 4.79 Å². The highest BCUT2D eigenvalue weighted by Gasteiger charge is 2.24. The average Bonchev–Trinajstić information content (AvgIpc) is 3.08. The van der Waals surface area contributed by atoms with E-state index in [1.807, 2.05) is 12.1 Å². The minimum Gasteiger partial charge on any atom is -0.345 e. The largest absolute Gasteiger partial charge is 0.345 e. The molecule has 0 bridgehead atoms. The topological polar surface area (TPSA) is 35.5 Å². The van der Waals surface area contributed by atoms with E-state index in [-0.39, 0.29) is 18.0 Å². The monoisotopic (exact) mass is 282 g/mol. The normalized spacial score (nSPS) is 16.4. The Morgan fingerprint density at radius 3 is 2.47 bits per heavy atom. The SMILES string of the molecule is CCCC(CCC)C(=O)c1ccc(C2OCCO2)s1. The lowest BCUT2D eigenvalue weighted by atomic mass is 9.93. The second kappa shape index (κ2) is 7.17. The molecule has 2 heterocycles. The molecular weight excluding hydrogens is 260 g/mol. The number of carbonyl (C=O) groups is 1. The molecule has 0 radical (unpaired) electrons. The van der Waals surface area contributed by atoms with Gasteiger partial charge in [0.15, 0.2) is 12.1 Å². The van der Waals surface area contributed by atoms with Crippen molar-refractivity contribution >= 4 is 17.1 Å². The highest BCUT2D eigenvalue weighted by Crippen LogP contribution is 2.31. The number of ketones is 1. The minimum atomic E-state index is -0.262. The van der Waals surface area contributed by atoms with Crippen molar-refractivity contribution in [2.24, 2.45) is 5.92 Å². The summed E-state index contributed by atoms with van der Waals surface area (Å²) in [5, 5.41) is 0. The van der Waals surface area contributed by atoms with Crippen LogP contribution in [0.15, 0.2) is 12.1 Å². The molecular formula is C15H22O3S. The number of ether oxygens (including phenoxy) is 2. The zero-order chi connectivity index (χ0) is 13.7. The first kappa shape index (κ1) is 14.7. The molecule has 4 heteroatoms. The number of Topliss-reactive ketones (excluding diaryl/α,β-unsaturated/α-hetero) is 1. The van der Waals surface area contributed by atoms with Crippen molar-refractivity contribution in [1.82, 2.24) is 0 Å². The van der Waals surface area contributed by atoms with Gasteiger partial charge in [-0.3, -0.25) is 4.79 Å². The number of rotatable bonds is 7. The van der Waals surface area contributed by atoms with Crippen LogP contribution in [-0.4, -0.2) is 19.0 Å². The first-order valence-corrected chi connectivity index (χ1v) is 7.95. The molecule has 106 valence electrons. The quantitative estimate of drug-likeness (QED) is 0.703. The second-order valence-electron chi connectivity index (χ2n) is 4.91. The van der Waals surface area contributed by atoms with Crippen LogP contribution in [0, 0.1) is 5.92 Å². The smallest absolute Gasteiger partial charge is 0.193 e. The van der Waals surface area contributed by atoms with E-state index in [0.29, 0.717) is 13.2 Å². The first-order chi connectivity index (χ1) is 9.26. The fourth-order valence-electron chi connectivity index (χ4n) is 2.44. The lowest BCUT2D eigenvalue weighted by Crippen LogP contribution is -2.13. The second-order valence-corrected chi connectivity index (χ2v) is 6.03. The Balaban J connectivity index is 2.05. The number of hydrogen-bond acceptors (Lipinski definition) is 4. The van der Waals surface area contributed by atoms with Crippen LogP contribution in [0.2, 0.25) is 0 Å². The molecule has 0 aromatic carbocycles. The Labute approximate surface area is 118 Å². The van der Waals surface area contributed by atoms with Gasteiger partial charge in [0.1, 0.15) is 0 Å². The Kier molecular flexibility index (Phi) is 5.55. The van der Waals surface area contributed by atoms with Crippen molar-refractivity contribution in [3.05, 3.63) is 21.9 Å². The molecule has 1 saturated heterocycles. The minimum absolute atomic E-state index is 0.173. The van der Waals surface area contributed by atoms with Gasteiger partial charge in [0.2, 0.25) is 0 Å². The van der Waals surface area contributed by atoms with E-state index >= 15 is 0 Å². The van der Waals surface area contributed by atoms with Crippen molar-refractivity contribution in [1.29, 1.82) is 0 Å². The summed E-state index contributed by atoms with van der Waals surface area (Å²) in [7, 11) is 0. The van der Waals surface area contributed by atoms with Crippen molar-refractivity contribution in [3.63, 3.8) is 0 Å². The van der Waals surface area contributed by atoms with Crippen LogP contribution >= 0.6 is 11.3 Å². The summed E-state index contributed by atoms with van der Waals surface area (Å²) in [4.78, 5) is 14.3. The van der Waals surface area contributed by atoms with Gasteiger partial charge in [-0.2, -0.15) is 0 Å². The average molecular weight is 282 g/mol. The molecule has 1 aromatic rings. The Bertz CT molecular complexity index is 401. The third kappa shape index (κ3) is 3.65. The van der Waals surface area contributed by atoms with Crippen molar-refractivity contribution in [3.8, 4) is 0 Å². The van der Waals surface area contributed by atoms with Gasteiger partial charge in [-0.05, 0) is 25.0 Å². The Morgan fingerprint density at radius 1 is 1.26 bits per heavy atom. The zero-order valence-corrected chi connectivity index (χ0v) is 12.5. The highest BCUT2D eigenvalue weighted by molar-refractivity contribution is 7.14. The summed E-state index contributed by atoms with van der Waals surface area (Å²) < 4.78 is 10.9. The third-order valence-corrected chi connectivity index (χ3v) is 4.49. The fourth-order valence-corrected chi connectivity index (χ4v) is 3.46. The molecule has 2 rings (SSSR count). The van der Waals surface area contributed by atoms with Gasteiger partial charge in [0, 0.05) is 5.92 Å². The molecule has 1 aliphatic heterocycles. The molecule has 1 aromatic heterocycles. The van der Waals surface area contributed by atoms with Crippen molar-refractivity contribution in [2.45, 2.75) is 45.8 Å². The van der Waals surface area contributed by atoms with E-state index in [0.717, 1.165) is 35.4 Å². The van der Waals surface area contributed by atoms with Gasteiger partial charge in [0.25, 0.3) is 0 Å². The van der Waals surface area contributed by atoms with Crippen molar-refractivity contribution in [2.75, 3.05) is 13.2 Å². The van der Waals surface area contributed by atoms with Gasteiger partial charge in [-0.15, -0.1) is 11.3 Å². The summed E-state index contributed by atoms with van der Waals surface area (Å²) in [6.45, 7) is 5.55. The molecule has 19 heavy (non-hydrogen) atoms. The summed E-state index contributed by atoms with van der Waals surface area (Å²) >= 11 is 1.52. The highest BCUT2D eigenvalue weighted by atomic mass is 32.1. The van der Waals surface area contributed by atoms with E-state index in [4.69, 9.17) is 9.47 Å². The number of hydrogen-bond donors (Lipinski definition) is 0. The van der Waals surface area contributed by atoms with Crippen LogP contribution in [0.5, 0.6) is 0 Å². The maximum Gasteiger partial charge on any atom is 0.193 e. The van der Waals surface area contributed by atoms with Crippen LogP contribution in [0.3, 0.4) is 0 Å². The molecule has 1 fully saturated rings. The summed E-state index contributed by atoms with van der Waals surface area (Å²) in [5.74, 6) is 0.463. The number of carbonyl (C=O) groups excluding carboxylic acids is 1. The van der Waals surface area contributed by atoms with Crippen molar-refractivity contribution < 1.29 is 14.3 Å². The Hall–Kier alpha value is -0.710. The van der Waals surface area contributed by atoms with Gasteiger partial charge < -0.3 is 9.47 Å². The summed E-state index contributed by atoms with van der Waals surface area (Å²) in [5.41, 5.74) is 0. The standard InChI is InChI=1S/C15H22O3S/c1-3-5-11(6-4-2)14(16)12-7-8-13(19-12)15-17-9-10-18-15/h7-8,11,15H,3-6,9-10H2,1-2H3. The van der Waals surface area contributed by atoms with Crippen LogP contribution in [-0.2, 0) is 9.47 Å². The van der Waals surface area contributed by atoms with Crippen LogP contribution in [0.25, 0.3) is 0 Å². The zero-order valence-electron chi connectivity index (χ0n) is 11.7. The van der Waals surface area contributed by atoms with E-state index in [2.05, 4.69) is 13.8 Å². The molecule has 0 unspecified atom stereocenters. The summed E-state index contributed by atoms with van der Waals surface area (Å²) in [6, 6.07) is 3.88. The lowest BCUT2D eigenvalue weighted by Gasteiger charge is -2.12. The molecule has 0 amide bonds.